The van der Waals surface area contributed by atoms with Gasteiger partial charge in [-0.1, -0.05) is 46.0 Å². The number of hydrogen-bond acceptors (Lipinski definition) is 1. The summed E-state index contributed by atoms with van der Waals surface area (Å²) in [6.45, 7) is 4.41. The lowest BCUT2D eigenvalue weighted by Crippen LogP contribution is -2.02. The summed E-state index contributed by atoms with van der Waals surface area (Å²) in [5.74, 6) is 0.107. The van der Waals surface area contributed by atoms with Gasteiger partial charge in [-0.25, -0.2) is 0 Å². The second-order valence-electron chi connectivity index (χ2n) is 4.08. The van der Waals surface area contributed by atoms with E-state index in [0.717, 1.165) is 18.8 Å². The van der Waals surface area contributed by atoms with Crippen molar-refractivity contribution in [2.75, 3.05) is 0 Å². The number of carboxylic acid groups (broad SMARTS) is 1. The number of unbranched alkanes of at least 4 members (excludes halogenated alkanes) is 1. The van der Waals surface area contributed by atoms with E-state index in [0.29, 0.717) is 6.42 Å². The molecular weight excluding hydrogens is 176 g/mol. The lowest BCUT2D eigenvalue weighted by atomic mass is 9.92. The molecule has 0 amide bonds. The lowest BCUT2D eigenvalue weighted by Gasteiger charge is -2.14. The van der Waals surface area contributed by atoms with E-state index in [1.807, 2.05) is 0 Å². The van der Waals surface area contributed by atoms with Crippen LogP contribution in [-0.4, -0.2) is 11.1 Å². The Labute approximate surface area is 87.7 Å². The standard InChI is InChI=1S/C12H24O2/c1-3-5-8-11(7-4-2)9-6-10-12(13)14/h11H,3-10H2,1-2H3,(H,13,14). The largest absolute Gasteiger partial charge is 0.481 e. The summed E-state index contributed by atoms with van der Waals surface area (Å²) in [6, 6.07) is 0. The van der Waals surface area contributed by atoms with Crippen LogP contribution in [0.4, 0.5) is 0 Å². The number of rotatable bonds is 9. The van der Waals surface area contributed by atoms with E-state index in [9.17, 15) is 4.79 Å². The van der Waals surface area contributed by atoms with Gasteiger partial charge in [-0.15, -0.1) is 0 Å². The quantitative estimate of drug-likeness (QED) is 0.614. The third-order valence-corrected chi connectivity index (χ3v) is 2.67. The predicted octanol–water partition coefficient (Wildman–Crippen LogP) is 3.85. The van der Waals surface area contributed by atoms with Crippen molar-refractivity contribution in [1.29, 1.82) is 0 Å². The molecule has 0 radical (unpaired) electrons. The van der Waals surface area contributed by atoms with E-state index in [-0.39, 0.29) is 0 Å². The fraction of sp³-hybridized carbons (Fsp3) is 0.917. The smallest absolute Gasteiger partial charge is 0.303 e. The van der Waals surface area contributed by atoms with Crippen LogP contribution < -0.4 is 0 Å². The first kappa shape index (κ1) is 13.5. The van der Waals surface area contributed by atoms with Crippen LogP contribution in [0.1, 0.15) is 65.2 Å². The van der Waals surface area contributed by atoms with Crippen LogP contribution in [0.3, 0.4) is 0 Å². The van der Waals surface area contributed by atoms with Crippen molar-refractivity contribution in [1.82, 2.24) is 0 Å². The van der Waals surface area contributed by atoms with Crippen molar-refractivity contribution in [3.63, 3.8) is 0 Å². The van der Waals surface area contributed by atoms with E-state index < -0.39 is 5.97 Å². The molecule has 84 valence electrons. The van der Waals surface area contributed by atoms with E-state index in [2.05, 4.69) is 13.8 Å². The van der Waals surface area contributed by atoms with Crippen molar-refractivity contribution >= 4 is 5.97 Å². The average Bonchev–Trinajstić information content (AvgIpc) is 2.13. The number of aliphatic carboxylic acids is 1. The molecule has 1 N–H and O–H groups in total. The zero-order valence-electron chi connectivity index (χ0n) is 9.59. The van der Waals surface area contributed by atoms with E-state index in [1.165, 1.54) is 32.1 Å². The molecule has 1 atom stereocenters. The molecule has 14 heavy (non-hydrogen) atoms. The monoisotopic (exact) mass is 200 g/mol. The van der Waals surface area contributed by atoms with Gasteiger partial charge in [-0.05, 0) is 18.8 Å². The summed E-state index contributed by atoms with van der Waals surface area (Å²) in [4.78, 5) is 10.4. The number of hydrogen-bond donors (Lipinski definition) is 1. The molecule has 2 nitrogen and oxygen atoms in total. The van der Waals surface area contributed by atoms with Gasteiger partial charge in [-0.2, -0.15) is 0 Å². The van der Waals surface area contributed by atoms with Crippen molar-refractivity contribution in [2.24, 2.45) is 5.92 Å². The van der Waals surface area contributed by atoms with E-state index >= 15 is 0 Å². The molecule has 0 spiro atoms. The highest BCUT2D eigenvalue weighted by molar-refractivity contribution is 5.66. The molecular formula is C12H24O2. The van der Waals surface area contributed by atoms with Crippen molar-refractivity contribution < 1.29 is 9.90 Å². The molecule has 0 saturated carbocycles. The molecule has 2 heteroatoms. The molecule has 0 aliphatic rings. The molecule has 0 heterocycles. The first-order chi connectivity index (χ1) is 6.70. The molecule has 0 saturated heterocycles. The Morgan fingerprint density at radius 1 is 1.07 bits per heavy atom. The average molecular weight is 200 g/mol. The highest BCUT2D eigenvalue weighted by Gasteiger charge is 2.07. The summed E-state index contributed by atoms with van der Waals surface area (Å²) < 4.78 is 0. The minimum atomic E-state index is -0.657. The van der Waals surface area contributed by atoms with E-state index in [1.54, 1.807) is 0 Å². The van der Waals surface area contributed by atoms with Crippen LogP contribution in [0.15, 0.2) is 0 Å². The summed E-state index contributed by atoms with van der Waals surface area (Å²) in [5.41, 5.74) is 0. The van der Waals surface area contributed by atoms with Crippen LogP contribution in [0.5, 0.6) is 0 Å². The summed E-state index contributed by atoms with van der Waals surface area (Å²) in [5, 5.41) is 8.53. The maximum absolute atomic E-state index is 10.4. The highest BCUT2D eigenvalue weighted by Crippen LogP contribution is 2.20. The zero-order chi connectivity index (χ0) is 10.8. The van der Waals surface area contributed by atoms with Crippen LogP contribution in [0.2, 0.25) is 0 Å². The van der Waals surface area contributed by atoms with Gasteiger partial charge in [0, 0.05) is 6.42 Å². The number of carboxylic acids is 1. The molecule has 0 aliphatic heterocycles. The molecule has 0 aromatic carbocycles. The predicted molar refractivity (Wildman–Crippen MR) is 59.4 cm³/mol. The fourth-order valence-electron chi connectivity index (χ4n) is 1.88. The Kier molecular flexibility index (Phi) is 8.70. The van der Waals surface area contributed by atoms with Crippen LogP contribution in [-0.2, 0) is 4.79 Å². The first-order valence-electron chi connectivity index (χ1n) is 5.92. The van der Waals surface area contributed by atoms with Gasteiger partial charge in [0.1, 0.15) is 0 Å². The van der Waals surface area contributed by atoms with Crippen molar-refractivity contribution in [3.05, 3.63) is 0 Å². The second kappa shape index (κ2) is 9.04. The van der Waals surface area contributed by atoms with Gasteiger partial charge in [0.15, 0.2) is 0 Å². The van der Waals surface area contributed by atoms with Gasteiger partial charge in [0.2, 0.25) is 0 Å². The normalized spacial score (nSPS) is 12.7. The maximum Gasteiger partial charge on any atom is 0.303 e. The second-order valence-corrected chi connectivity index (χ2v) is 4.08. The summed E-state index contributed by atoms with van der Waals surface area (Å²) in [6.07, 6.45) is 8.60. The topological polar surface area (TPSA) is 37.3 Å². The zero-order valence-corrected chi connectivity index (χ0v) is 9.59. The van der Waals surface area contributed by atoms with E-state index in [4.69, 9.17) is 5.11 Å². The Balaban J connectivity index is 3.55. The highest BCUT2D eigenvalue weighted by atomic mass is 16.4. The van der Waals surface area contributed by atoms with Gasteiger partial charge >= 0.3 is 5.97 Å². The summed E-state index contributed by atoms with van der Waals surface area (Å²) in [7, 11) is 0. The minimum Gasteiger partial charge on any atom is -0.481 e. The Hall–Kier alpha value is -0.530. The van der Waals surface area contributed by atoms with Crippen molar-refractivity contribution in [3.8, 4) is 0 Å². The Morgan fingerprint density at radius 3 is 2.21 bits per heavy atom. The minimum absolute atomic E-state index is 0.340. The Bertz CT molecular complexity index is 143. The van der Waals surface area contributed by atoms with Crippen molar-refractivity contribution in [2.45, 2.75) is 65.2 Å². The maximum atomic E-state index is 10.4. The Morgan fingerprint density at radius 2 is 1.71 bits per heavy atom. The van der Waals surface area contributed by atoms with Gasteiger partial charge in [-0.3, -0.25) is 4.79 Å². The van der Waals surface area contributed by atoms with Gasteiger partial charge < -0.3 is 5.11 Å². The van der Waals surface area contributed by atoms with Gasteiger partial charge in [0.25, 0.3) is 0 Å². The molecule has 0 aromatic heterocycles. The molecule has 1 unspecified atom stereocenters. The van der Waals surface area contributed by atoms with Gasteiger partial charge in [0.05, 0.1) is 0 Å². The molecule has 0 rings (SSSR count). The first-order valence-corrected chi connectivity index (χ1v) is 5.92. The third-order valence-electron chi connectivity index (χ3n) is 2.67. The summed E-state index contributed by atoms with van der Waals surface area (Å²) >= 11 is 0. The molecule has 0 aromatic rings. The lowest BCUT2D eigenvalue weighted by molar-refractivity contribution is -0.137. The molecule has 0 bridgehead atoms. The fourth-order valence-corrected chi connectivity index (χ4v) is 1.88. The van der Waals surface area contributed by atoms with Crippen LogP contribution >= 0.6 is 0 Å². The number of carbonyl (C=O) groups is 1. The molecule has 0 aliphatic carbocycles. The third kappa shape index (κ3) is 8.09. The molecule has 0 fully saturated rings. The SMILES string of the molecule is CCCCC(CCC)CCCC(=O)O. The van der Waals surface area contributed by atoms with Crippen LogP contribution in [0.25, 0.3) is 0 Å². The van der Waals surface area contributed by atoms with Crippen LogP contribution in [0, 0.1) is 5.92 Å².